The summed E-state index contributed by atoms with van der Waals surface area (Å²) in [6.45, 7) is 2.92. The lowest BCUT2D eigenvalue weighted by atomic mass is 10.2. The second kappa shape index (κ2) is 6.91. The minimum atomic E-state index is 0.247. The van der Waals surface area contributed by atoms with Crippen LogP contribution in [0.3, 0.4) is 0 Å². The molecule has 0 atom stereocenters. The fourth-order valence-corrected chi connectivity index (χ4v) is 1.76. The van der Waals surface area contributed by atoms with Gasteiger partial charge in [0.1, 0.15) is 11.5 Å². The molecule has 0 unspecified atom stereocenters. The number of benzene rings is 1. The van der Waals surface area contributed by atoms with Crippen LogP contribution in [0.2, 0.25) is 0 Å². The summed E-state index contributed by atoms with van der Waals surface area (Å²) in [5.41, 5.74) is 1.04. The second-order valence-electron chi connectivity index (χ2n) is 4.24. The average molecular weight is 277 g/mol. The smallest absolute Gasteiger partial charge is 0.253 e. The summed E-state index contributed by atoms with van der Waals surface area (Å²) in [5, 5.41) is 10.9. The van der Waals surface area contributed by atoms with Gasteiger partial charge in [-0.15, -0.1) is 10.2 Å². The third-order valence-electron chi connectivity index (χ3n) is 2.80. The van der Waals surface area contributed by atoms with Crippen LogP contribution in [0.1, 0.15) is 24.3 Å². The Morgan fingerprint density at radius 3 is 2.70 bits per heavy atom. The Morgan fingerprint density at radius 1 is 1.25 bits per heavy atom. The van der Waals surface area contributed by atoms with Gasteiger partial charge in [-0.1, -0.05) is 13.0 Å². The fourth-order valence-electron chi connectivity index (χ4n) is 1.76. The Hall–Kier alpha value is -2.08. The second-order valence-corrected chi connectivity index (χ2v) is 4.24. The number of hydrogen-bond donors (Lipinski definition) is 1. The first-order valence-electron chi connectivity index (χ1n) is 6.52. The molecule has 1 N–H and O–H groups in total. The van der Waals surface area contributed by atoms with Gasteiger partial charge in [-0.25, -0.2) is 0 Å². The number of ether oxygens (including phenoxy) is 2. The molecule has 2 aromatic rings. The molecular weight excluding hydrogens is 258 g/mol. The zero-order valence-corrected chi connectivity index (χ0v) is 12.0. The van der Waals surface area contributed by atoms with Crippen molar-refractivity contribution in [3.05, 3.63) is 35.5 Å². The van der Waals surface area contributed by atoms with Crippen LogP contribution < -0.4 is 14.8 Å². The van der Waals surface area contributed by atoms with Crippen molar-refractivity contribution >= 4 is 0 Å². The summed E-state index contributed by atoms with van der Waals surface area (Å²) >= 11 is 0. The Balaban J connectivity index is 2.09. The Kier molecular flexibility index (Phi) is 4.95. The molecule has 0 saturated carbocycles. The van der Waals surface area contributed by atoms with Crippen LogP contribution in [-0.4, -0.2) is 24.4 Å². The van der Waals surface area contributed by atoms with Gasteiger partial charge in [-0.2, -0.15) is 0 Å². The zero-order chi connectivity index (χ0) is 14.4. The summed E-state index contributed by atoms with van der Waals surface area (Å²) < 4.78 is 16.4. The van der Waals surface area contributed by atoms with Gasteiger partial charge in [0.05, 0.1) is 7.11 Å². The average Bonchev–Trinajstić information content (AvgIpc) is 2.94. The predicted octanol–water partition coefficient (Wildman–Crippen LogP) is 1.94. The van der Waals surface area contributed by atoms with Gasteiger partial charge < -0.3 is 19.2 Å². The summed E-state index contributed by atoms with van der Waals surface area (Å²) in [6, 6.07) is 5.72. The first kappa shape index (κ1) is 14.3. The highest BCUT2D eigenvalue weighted by molar-refractivity contribution is 5.40. The van der Waals surface area contributed by atoms with Crippen LogP contribution in [0, 0.1) is 0 Å². The lowest BCUT2D eigenvalue weighted by Crippen LogP contribution is -2.08. The highest BCUT2D eigenvalue weighted by Crippen LogP contribution is 2.25. The minimum absolute atomic E-state index is 0.247. The molecule has 0 amide bonds. The van der Waals surface area contributed by atoms with Gasteiger partial charge in [-0.05, 0) is 13.1 Å². The number of hydrogen-bond acceptors (Lipinski definition) is 6. The van der Waals surface area contributed by atoms with Crippen molar-refractivity contribution in [3.8, 4) is 11.5 Å². The number of nitrogens with one attached hydrogen (secondary N) is 1. The number of aromatic nitrogens is 2. The summed E-state index contributed by atoms with van der Waals surface area (Å²) in [5.74, 6) is 2.58. The van der Waals surface area contributed by atoms with Crippen molar-refractivity contribution in [2.75, 3.05) is 14.2 Å². The largest absolute Gasteiger partial charge is 0.497 e. The van der Waals surface area contributed by atoms with E-state index in [1.807, 2.05) is 32.2 Å². The predicted molar refractivity (Wildman–Crippen MR) is 73.8 cm³/mol. The lowest BCUT2D eigenvalue weighted by Gasteiger charge is -2.11. The molecule has 108 valence electrons. The van der Waals surface area contributed by atoms with E-state index in [-0.39, 0.29) is 6.61 Å². The quantitative estimate of drug-likeness (QED) is 0.834. The molecule has 0 saturated heterocycles. The van der Waals surface area contributed by atoms with Crippen molar-refractivity contribution in [1.29, 1.82) is 0 Å². The van der Waals surface area contributed by atoms with E-state index in [0.717, 1.165) is 23.5 Å². The van der Waals surface area contributed by atoms with Crippen LogP contribution in [0.25, 0.3) is 0 Å². The molecule has 6 heteroatoms. The molecule has 1 aromatic heterocycles. The van der Waals surface area contributed by atoms with Gasteiger partial charge in [0, 0.05) is 24.6 Å². The SMILES string of the molecule is CCc1nnc(COc2cc(OC)ccc2CNC)o1. The summed E-state index contributed by atoms with van der Waals surface area (Å²) in [4.78, 5) is 0. The Morgan fingerprint density at radius 2 is 2.05 bits per heavy atom. The third kappa shape index (κ3) is 3.48. The van der Waals surface area contributed by atoms with Crippen molar-refractivity contribution in [2.45, 2.75) is 26.5 Å². The van der Waals surface area contributed by atoms with E-state index in [4.69, 9.17) is 13.9 Å². The standard InChI is InChI=1S/C14H19N3O3/c1-4-13-16-17-14(20-13)9-19-12-7-11(18-3)6-5-10(12)8-15-2/h5-7,15H,4,8-9H2,1-3H3. The molecule has 2 rings (SSSR count). The molecule has 0 spiro atoms. The molecular formula is C14H19N3O3. The molecule has 0 radical (unpaired) electrons. The topological polar surface area (TPSA) is 69.4 Å². The number of nitrogens with zero attached hydrogens (tertiary/aromatic N) is 2. The van der Waals surface area contributed by atoms with E-state index in [2.05, 4.69) is 15.5 Å². The summed E-state index contributed by atoms with van der Waals surface area (Å²) in [6.07, 6.45) is 0.719. The summed E-state index contributed by atoms with van der Waals surface area (Å²) in [7, 11) is 3.52. The van der Waals surface area contributed by atoms with Crippen LogP contribution in [0.4, 0.5) is 0 Å². The highest BCUT2D eigenvalue weighted by atomic mass is 16.5. The first-order valence-corrected chi connectivity index (χ1v) is 6.52. The van der Waals surface area contributed by atoms with Crippen molar-refractivity contribution < 1.29 is 13.9 Å². The fraction of sp³-hybridized carbons (Fsp3) is 0.429. The molecule has 0 aliphatic rings. The van der Waals surface area contributed by atoms with E-state index >= 15 is 0 Å². The van der Waals surface area contributed by atoms with Crippen molar-refractivity contribution in [1.82, 2.24) is 15.5 Å². The molecule has 1 aromatic carbocycles. The van der Waals surface area contributed by atoms with Gasteiger partial charge in [0.15, 0.2) is 6.61 Å². The van der Waals surface area contributed by atoms with Gasteiger partial charge >= 0.3 is 0 Å². The number of rotatable bonds is 7. The van der Waals surface area contributed by atoms with E-state index in [1.54, 1.807) is 7.11 Å². The van der Waals surface area contributed by atoms with Crippen molar-refractivity contribution in [3.63, 3.8) is 0 Å². The Labute approximate surface area is 118 Å². The molecule has 0 aliphatic carbocycles. The molecule has 0 bridgehead atoms. The lowest BCUT2D eigenvalue weighted by molar-refractivity contribution is 0.255. The maximum absolute atomic E-state index is 5.76. The maximum atomic E-state index is 5.76. The highest BCUT2D eigenvalue weighted by Gasteiger charge is 2.09. The van der Waals surface area contributed by atoms with E-state index in [0.29, 0.717) is 18.3 Å². The number of methoxy groups -OCH3 is 1. The molecule has 0 fully saturated rings. The van der Waals surface area contributed by atoms with E-state index in [1.165, 1.54) is 0 Å². The van der Waals surface area contributed by atoms with Gasteiger partial charge in [0.2, 0.25) is 5.89 Å². The monoisotopic (exact) mass is 277 g/mol. The van der Waals surface area contributed by atoms with Gasteiger partial charge in [-0.3, -0.25) is 0 Å². The maximum Gasteiger partial charge on any atom is 0.253 e. The van der Waals surface area contributed by atoms with Crippen molar-refractivity contribution in [2.24, 2.45) is 0 Å². The first-order chi connectivity index (χ1) is 9.76. The Bertz CT molecular complexity index is 554. The normalized spacial score (nSPS) is 10.6. The molecule has 20 heavy (non-hydrogen) atoms. The minimum Gasteiger partial charge on any atom is -0.497 e. The van der Waals surface area contributed by atoms with Crippen LogP contribution in [0.15, 0.2) is 22.6 Å². The van der Waals surface area contributed by atoms with Crippen LogP contribution in [-0.2, 0) is 19.6 Å². The molecule has 1 heterocycles. The molecule has 6 nitrogen and oxygen atoms in total. The van der Waals surface area contributed by atoms with Gasteiger partial charge in [0.25, 0.3) is 5.89 Å². The molecule has 0 aliphatic heterocycles. The van der Waals surface area contributed by atoms with E-state index < -0.39 is 0 Å². The number of aryl methyl sites for hydroxylation is 1. The van der Waals surface area contributed by atoms with Crippen LogP contribution >= 0.6 is 0 Å². The third-order valence-corrected chi connectivity index (χ3v) is 2.80. The van der Waals surface area contributed by atoms with Crippen LogP contribution in [0.5, 0.6) is 11.5 Å². The zero-order valence-electron chi connectivity index (χ0n) is 12.0. The van der Waals surface area contributed by atoms with E-state index in [9.17, 15) is 0 Å².